The zero-order valence-corrected chi connectivity index (χ0v) is 7.22. The van der Waals surface area contributed by atoms with Crippen LogP contribution in [0, 0.1) is 6.92 Å². The van der Waals surface area contributed by atoms with Crippen molar-refractivity contribution in [3.8, 4) is 5.88 Å². The number of aryl methyl sites for hydroxylation is 1. The first-order chi connectivity index (χ1) is 5.81. The molecule has 0 amide bonds. The number of aromatic nitrogens is 2. The molecule has 1 N–H and O–H groups in total. The summed E-state index contributed by atoms with van der Waals surface area (Å²) in [4.78, 5) is 8.65. The average Bonchev–Trinajstić information content (AvgIpc) is 2.49. The van der Waals surface area contributed by atoms with E-state index in [0.29, 0.717) is 5.88 Å². The van der Waals surface area contributed by atoms with Crippen molar-refractivity contribution >= 4 is 5.82 Å². The molecule has 0 fully saturated rings. The highest BCUT2D eigenvalue weighted by molar-refractivity contribution is 5.47. The largest absolute Gasteiger partial charge is 0.480 e. The van der Waals surface area contributed by atoms with Crippen LogP contribution in [-0.2, 0) is 6.42 Å². The van der Waals surface area contributed by atoms with Gasteiger partial charge in [-0.05, 0) is 6.92 Å². The van der Waals surface area contributed by atoms with Gasteiger partial charge in [-0.3, -0.25) is 0 Å². The lowest BCUT2D eigenvalue weighted by Crippen LogP contribution is -1.99. The number of hydrogen-bond donors (Lipinski definition) is 1. The molecule has 0 aliphatic carbocycles. The van der Waals surface area contributed by atoms with Gasteiger partial charge in [-0.2, -0.15) is 4.98 Å². The van der Waals surface area contributed by atoms with Gasteiger partial charge in [0.2, 0.25) is 5.88 Å². The zero-order chi connectivity index (χ0) is 8.55. The van der Waals surface area contributed by atoms with Gasteiger partial charge in [-0.25, -0.2) is 4.98 Å². The number of ether oxygens (including phenoxy) is 1. The minimum absolute atomic E-state index is 0.614. The van der Waals surface area contributed by atoms with Crippen molar-refractivity contribution in [1.82, 2.24) is 9.97 Å². The van der Waals surface area contributed by atoms with Gasteiger partial charge in [-0.15, -0.1) is 0 Å². The standard InChI is InChI=1S/C8H11N3O/c1-5-8(12-2)11-7-6(10-5)3-4-9-7/h3-4H2,1-2H3,(H,9,11). The monoisotopic (exact) mass is 165 g/mol. The van der Waals surface area contributed by atoms with Crippen molar-refractivity contribution in [3.63, 3.8) is 0 Å². The molecule has 1 aromatic rings. The number of fused-ring (bicyclic) bond motifs is 1. The van der Waals surface area contributed by atoms with Crippen molar-refractivity contribution < 1.29 is 4.74 Å². The lowest BCUT2D eigenvalue weighted by Gasteiger charge is -2.04. The third-order valence-corrected chi connectivity index (χ3v) is 1.95. The van der Waals surface area contributed by atoms with Crippen molar-refractivity contribution in [2.24, 2.45) is 0 Å². The Balaban J connectivity index is 2.49. The second-order valence-corrected chi connectivity index (χ2v) is 2.79. The van der Waals surface area contributed by atoms with Gasteiger partial charge in [0.25, 0.3) is 0 Å². The summed E-state index contributed by atoms with van der Waals surface area (Å²) < 4.78 is 5.06. The van der Waals surface area contributed by atoms with Gasteiger partial charge in [0.1, 0.15) is 0 Å². The molecule has 0 atom stereocenters. The van der Waals surface area contributed by atoms with Gasteiger partial charge in [0, 0.05) is 13.0 Å². The summed E-state index contributed by atoms with van der Waals surface area (Å²) in [6.45, 7) is 2.84. The highest BCUT2D eigenvalue weighted by Gasteiger charge is 2.15. The van der Waals surface area contributed by atoms with Crippen LogP contribution in [0.15, 0.2) is 0 Å². The molecule has 64 valence electrons. The van der Waals surface area contributed by atoms with E-state index in [9.17, 15) is 0 Å². The maximum absolute atomic E-state index is 5.06. The molecule has 1 aromatic heterocycles. The van der Waals surface area contributed by atoms with Crippen LogP contribution in [0.3, 0.4) is 0 Å². The van der Waals surface area contributed by atoms with Crippen LogP contribution in [0.4, 0.5) is 5.82 Å². The summed E-state index contributed by atoms with van der Waals surface area (Å²) in [5, 5.41) is 3.15. The van der Waals surface area contributed by atoms with Crippen LogP contribution in [-0.4, -0.2) is 23.6 Å². The van der Waals surface area contributed by atoms with Crippen LogP contribution in [0.25, 0.3) is 0 Å². The van der Waals surface area contributed by atoms with Crippen molar-refractivity contribution in [2.75, 3.05) is 19.0 Å². The van der Waals surface area contributed by atoms with Gasteiger partial charge in [0.15, 0.2) is 5.82 Å². The summed E-state index contributed by atoms with van der Waals surface area (Å²) in [5.74, 6) is 1.49. The highest BCUT2D eigenvalue weighted by atomic mass is 16.5. The fourth-order valence-corrected chi connectivity index (χ4v) is 1.36. The molecule has 2 rings (SSSR count). The summed E-state index contributed by atoms with van der Waals surface area (Å²) in [6.07, 6.45) is 0.965. The van der Waals surface area contributed by atoms with E-state index in [1.54, 1.807) is 7.11 Å². The second-order valence-electron chi connectivity index (χ2n) is 2.79. The molecular formula is C8H11N3O. The molecule has 0 radical (unpaired) electrons. The molecule has 2 heterocycles. The molecule has 12 heavy (non-hydrogen) atoms. The summed E-state index contributed by atoms with van der Waals surface area (Å²) in [7, 11) is 1.61. The van der Waals surface area contributed by atoms with Crippen LogP contribution in [0.5, 0.6) is 5.88 Å². The Bertz CT molecular complexity index is 311. The maximum Gasteiger partial charge on any atom is 0.237 e. The first kappa shape index (κ1) is 7.34. The Morgan fingerprint density at radius 1 is 1.42 bits per heavy atom. The quantitative estimate of drug-likeness (QED) is 0.667. The van der Waals surface area contributed by atoms with E-state index < -0.39 is 0 Å². The minimum Gasteiger partial charge on any atom is -0.480 e. The van der Waals surface area contributed by atoms with Gasteiger partial charge < -0.3 is 10.1 Å². The molecular weight excluding hydrogens is 154 g/mol. The number of anilines is 1. The zero-order valence-electron chi connectivity index (χ0n) is 7.22. The van der Waals surface area contributed by atoms with E-state index >= 15 is 0 Å². The van der Waals surface area contributed by atoms with E-state index in [0.717, 1.165) is 30.2 Å². The third-order valence-electron chi connectivity index (χ3n) is 1.95. The topological polar surface area (TPSA) is 47.0 Å². The van der Waals surface area contributed by atoms with E-state index in [4.69, 9.17) is 4.74 Å². The molecule has 1 aliphatic rings. The lowest BCUT2D eigenvalue weighted by molar-refractivity contribution is 0.392. The maximum atomic E-state index is 5.06. The van der Waals surface area contributed by atoms with Crippen molar-refractivity contribution in [2.45, 2.75) is 13.3 Å². The third kappa shape index (κ3) is 0.995. The minimum atomic E-state index is 0.614. The molecule has 4 nitrogen and oxygen atoms in total. The number of rotatable bonds is 1. The lowest BCUT2D eigenvalue weighted by atomic mass is 10.3. The molecule has 0 saturated heterocycles. The second kappa shape index (κ2) is 2.62. The first-order valence-corrected chi connectivity index (χ1v) is 3.96. The highest BCUT2D eigenvalue weighted by Crippen LogP contribution is 2.22. The van der Waals surface area contributed by atoms with Gasteiger partial charge in [-0.1, -0.05) is 0 Å². The van der Waals surface area contributed by atoms with E-state index in [1.165, 1.54) is 0 Å². The van der Waals surface area contributed by atoms with Gasteiger partial charge in [0.05, 0.1) is 18.5 Å². The number of methoxy groups -OCH3 is 1. The molecule has 0 unspecified atom stereocenters. The predicted molar refractivity (Wildman–Crippen MR) is 45.5 cm³/mol. The Labute approximate surface area is 71.0 Å². The van der Waals surface area contributed by atoms with Crippen LogP contribution in [0.2, 0.25) is 0 Å². The van der Waals surface area contributed by atoms with Crippen molar-refractivity contribution in [3.05, 3.63) is 11.4 Å². The van der Waals surface area contributed by atoms with E-state index in [2.05, 4.69) is 15.3 Å². The normalized spacial score (nSPS) is 13.8. The van der Waals surface area contributed by atoms with Crippen molar-refractivity contribution in [1.29, 1.82) is 0 Å². The number of hydrogen-bond acceptors (Lipinski definition) is 4. The SMILES string of the molecule is COc1nc2c(nc1C)CCN2. The number of nitrogens with one attached hydrogen (secondary N) is 1. The summed E-state index contributed by atoms with van der Waals surface area (Å²) in [6, 6.07) is 0. The molecule has 4 heteroatoms. The fourth-order valence-electron chi connectivity index (χ4n) is 1.36. The molecule has 0 bridgehead atoms. The van der Waals surface area contributed by atoms with E-state index in [1.807, 2.05) is 6.92 Å². The van der Waals surface area contributed by atoms with Gasteiger partial charge >= 0.3 is 0 Å². The predicted octanol–water partition coefficient (Wildman–Crippen LogP) is 0.762. The van der Waals surface area contributed by atoms with Crippen LogP contribution in [0.1, 0.15) is 11.4 Å². The van der Waals surface area contributed by atoms with Crippen LogP contribution < -0.4 is 10.1 Å². The number of nitrogens with zero attached hydrogens (tertiary/aromatic N) is 2. The molecule has 0 saturated carbocycles. The summed E-state index contributed by atoms with van der Waals surface area (Å²) in [5.41, 5.74) is 1.91. The molecule has 0 aromatic carbocycles. The Morgan fingerprint density at radius 3 is 3.00 bits per heavy atom. The Morgan fingerprint density at radius 2 is 2.25 bits per heavy atom. The smallest absolute Gasteiger partial charge is 0.237 e. The molecule has 0 spiro atoms. The summed E-state index contributed by atoms with van der Waals surface area (Å²) >= 11 is 0. The fraction of sp³-hybridized carbons (Fsp3) is 0.500. The Hall–Kier alpha value is -1.32. The average molecular weight is 165 g/mol. The Kier molecular flexibility index (Phi) is 1.60. The molecule has 1 aliphatic heterocycles. The van der Waals surface area contributed by atoms with E-state index in [-0.39, 0.29) is 0 Å². The van der Waals surface area contributed by atoms with Crippen LogP contribution >= 0.6 is 0 Å². The first-order valence-electron chi connectivity index (χ1n) is 3.96.